The number of nitrogens with two attached hydrogens (primary N) is 1. The van der Waals surface area contributed by atoms with Gasteiger partial charge in [-0.3, -0.25) is 4.79 Å². The van der Waals surface area contributed by atoms with Crippen molar-refractivity contribution < 1.29 is 14.7 Å². The van der Waals surface area contributed by atoms with Crippen molar-refractivity contribution in [1.29, 1.82) is 0 Å². The number of hydrogen-bond donors (Lipinski definition) is 2. The molecule has 0 radical (unpaired) electrons. The van der Waals surface area contributed by atoms with Gasteiger partial charge in [0, 0.05) is 13.1 Å². The normalized spacial score (nSPS) is 16.6. The first kappa shape index (κ1) is 14.5. The number of amides is 1. The van der Waals surface area contributed by atoms with Gasteiger partial charge in [0.2, 0.25) is 5.91 Å². The molecule has 0 fully saturated rings. The molecule has 5 nitrogen and oxygen atoms in total. The van der Waals surface area contributed by atoms with Crippen molar-refractivity contribution in [3.8, 4) is 0 Å². The van der Waals surface area contributed by atoms with Crippen molar-refractivity contribution in [2.24, 2.45) is 11.7 Å². The monoisotopic (exact) mass is 276 g/mol. The van der Waals surface area contributed by atoms with Gasteiger partial charge in [-0.2, -0.15) is 0 Å². The third-order valence-corrected chi connectivity index (χ3v) is 4.03. The Morgan fingerprint density at radius 2 is 2.00 bits per heavy atom. The smallest absolute Gasteiger partial charge is 0.335 e. The molecule has 1 aliphatic rings. The SMILES string of the molecule is CCC(C)C(N)C(=O)N1Cc2ccc(C(=O)O)cc2C1. The summed E-state index contributed by atoms with van der Waals surface area (Å²) in [5.74, 6) is -0.873. The zero-order valence-electron chi connectivity index (χ0n) is 11.8. The number of fused-ring (bicyclic) bond motifs is 1. The second-order valence-electron chi connectivity index (χ2n) is 5.39. The molecule has 0 saturated carbocycles. The third-order valence-electron chi connectivity index (χ3n) is 4.03. The number of carboxylic acids is 1. The predicted octanol–water partition coefficient (Wildman–Crippen LogP) is 1.60. The molecule has 1 aromatic rings. The average Bonchev–Trinajstić information content (AvgIpc) is 2.87. The van der Waals surface area contributed by atoms with Crippen LogP contribution in [0.4, 0.5) is 0 Å². The van der Waals surface area contributed by atoms with Gasteiger partial charge in [-0.25, -0.2) is 4.79 Å². The van der Waals surface area contributed by atoms with Crippen LogP contribution in [0.5, 0.6) is 0 Å². The van der Waals surface area contributed by atoms with Gasteiger partial charge in [-0.1, -0.05) is 26.3 Å². The average molecular weight is 276 g/mol. The molecule has 1 aromatic carbocycles. The Kier molecular flexibility index (Phi) is 4.09. The van der Waals surface area contributed by atoms with Crippen LogP contribution in [-0.4, -0.2) is 27.9 Å². The Labute approximate surface area is 118 Å². The first-order valence-corrected chi connectivity index (χ1v) is 6.83. The molecule has 0 aromatic heterocycles. The van der Waals surface area contributed by atoms with E-state index in [1.807, 2.05) is 13.8 Å². The lowest BCUT2D eigenvalue weighted by molar-refractivity contribution is -0.134. The summed E-state index contributed by atoms with van der Waals surface area (Å²) in [4.78, 5) is 25.0. The van der Waals surface area contributed by atoms with E-state index in [4.69, 9.17) is 10.8 Å². The van der Waals surface area contributed by atoms with Crippen LogP contribution in [-0.2, 0) is 17.9 Å². The summed E-state index contributed by atoms with van der Waals surface area (Å²) in [5.41, 5.74) is 8.13. The molecule has 1 heterocycles. The maximum atomic E-state index is 12.3. The van der Waals surface area contributed by atoms with Crippen LogP contribution < -0.4 is 5.73 Å². The van der Waals surface area contributed by atoms with E-state index >= 15 is 0 Å². The molecule has 2 atom stereocenters. The number of carbonyl (C=O) groups is 2. The van der Waals surface area contributed by atoms with E-state index in [1.54, 1.807) is 23.1 Å². The number of carbonyl (C=O) groups excluding carboxylic acids is 1. The summed E-state index contributed by atoms with van der Waals surface area (Å²) < 4.78 is 0. The van der Waals surface area contributed by atoms with Crippen LogP contribution in [0.2, 0.25) is 0 Å². The fourth-order valence-electron chi connectivity index (χ4n) is 2.39. The zero-order chi connectivity index (χ0) is 14.9. The van der Waals surface area contributed by atoms with E-state index in [0.717, 1.165) is 17.5 Å². The minimum absolute atomic E-state index is 0.0626. The van der Waals surface area contributed by atoms with Gasteiger partial charge in [0.15, 0.2) is 0 Å². The lowest BCUT2D eigenvalue weighted by Gasteiger charge is -2.23. The van der Waals surface area contributed by atoms with Crippen molar-refractivity contribution in [2.75, 3.05) is 0 Å². The van der Waals surface area contributed by atoms with E-state index in [1.165, 1.54) is 0 Å². The first-order chi connectivity index (χ1) is 9.43. The second kappa shape index (κ2) is 5.63. The summed E-state index contributed by atoms with van der Waals surface area (Å²) >= 11 is 0. The van der Waals surface area contributed by atoms with Crippen molar-refractivity contribution in [3.05, 3.63) is 34.9 Å². The van der Waals surface area contributed by atoms with Crippen molar-refractivity contribution in [1.82, 2.24) is 4.90 Å². The summed E-state index contributed by atoms with van der Waals surface area (Å²) in [6.07, 6.45) is 0.858. The molecule has 5 heteroatoms. The summed E-state index contributed by atoms with van der Waals surface area (Å²) in [6, 6.07) is 4.50. The maximum absolute atomic E-state index is 12.3. The number of rotatable bonds is 4. The fourth-order valence-corrected chi connectivity index (χ4v) is 2.39. The highest BCUT2D eigenvalue weighted by atomic mass is 16.4. The zero-order valence-corrected chi connectivity index (χ0v) is 11.8. The summed E-state index contributed by atoms with van der Waals surface area (Å²) in [7, 11) is 0. The fraction of sp³-hybridized carbons (Fsp3) is 0.467. The topological polar surface area (TPSA) is 83.6 Å². The molecule has 1 aliphatic heterocycles. The molecule has 3 N–H and O–H groups in total. The predicted molar refractivity (Wildman–Crippen MR) is 75.1 cm³/mol. The lowest BCUT2D eigenvalue weighted by Crippen LogP contribution is -2.44. The molecule has 0 aliphatic carbocycles. The third kappa shape index (κ3) is 2.67. The molecular weight excluding hydrogens is 256 g/mol. The molecule has 2 unspecified atom stereocenters. The Morgan fingerprint density at radius 3 is 2.60 bits per heavy atom. The molecule has 2 rings (SSSR count). The number of carboxylic acid groups (broad SMARTS) is 1. The van der Waals surface area contributed by atoms with Crippen molar-refractivity contribution >= 4 is 11.9 Å². The van der Waals surface area contributed by atoms with E-state index in [-0.39, 0.29) is 17.4 Å². The maximum Gasteiger partial charge on any atom is 0.335 e. The van der Waals surface area contributed by atoms with Gasteiger partial charge in [0.1, 0.15) is 0 Å². The van der Waals surface area contributed by atoms with E-state index in [9.17, 15) is 9.59 Å². The van der Waals surface area contributed by atoms with Crippen LogP contribution in [0.15, 0.2) is 18.2 Å². The summed E-state index contributed by atoms with van der Waals surface area (Å²) in [5, 5.41) is 8.98. The molecular formula is C15H20N2O3. The van der Waals surface area contributed by atoms with Crippen LogP contribution >= 0.6 is 0 Å². The Morgan fingerprint density at radius 1 is 1.35 bits per heavy atom. The van der Waals surface area contributed by atoms with E-state index < -0.39 is 12.0 Å². The van der Waals surface area contributed by atoms with Gasteiger partial charge < -0.3 is 15.7 Å². The number of hydrogen-bond acceptors (Lipinski definition) is 3. The minimum atomic E-state index is -0.950. The van der Waals surface area contributed by atoms with Crippen molar-refractivity contribution in [3.63, 3.8) is 0 Å². The van der Waals surface area contributed by atoms with Gasteiger partial charge >= 0.3 is 5.97 Å². The number of nitrogens with zero attached hydrogens (tertiary/aromatic N) is 1. The highest BCUT2D eigenvalue weighted by Gasteiger charge is 2.29. The molecule has 0 spiro atoms. The second-order valence-corrected chi connectivity index (χ2v) is 5.39. The number of aromatic carboxylic acids is 1. The van der Waals surface area contributed by atoms with Gasteiger partial charge in [0.25, 0.3) is 0 Å². The lowest BCUT2D eigenvalue weighted by atomic mass is 9.99. The van der Waals surface area contributed by atoms with Crippen LogP contribution in [0.3, 0.4) is 0 Å². The highest BCUT2D eigenvalue weighted by molar-refractivity contribution is 5.88. The van der Waals surface area contributed by atoms with Crippen LogP contribution in [0, 0.1) is 5.92 Å². The number of benzene rings is 1. The van der Waals surface area contributed by atoms with Gasteiger partial charge in [0.05, 0.1) is 11.6 Å². The van der Waals surface area contributed by atoms with E-state index in [0.29, 0.717) is 13.1 Å². The Balaban J connectivity index is 2.13. The van der Waals surface area contributed by atoms with Crippen LogP contribution in [0.25, 0.3) is 0 Å². The minimum Gasteiger partial charge on any atom is -0.478 e. The first-order valence-electron chi connectivity index (χ1n) is 6.83. The molecule has 1 amide bonds. The Hall–Kier alpha value is -1.88. The van der Waals surface area contributed by atoms with E-state index in [2.05, 4.69) is 0 Å². The Bertz CT molecular complexity index is 542. The highest BCUT2D eigenvalue weighted by Crippen LogP contribution is 2.25. The standard InChI is InChI=1S/C15H20N2O3/c1-3-9(2)13(16)14(18)17-7-11-5-4-10(15(19)20)6-12(11)8-17/h4-6,9,13H,3,7-8,16H2,1-2H3,(H,19,20). The molecule has 20 heavy (non-hydrogen) atoms. The molecule has 108 valence electrons. The van der Waals surface area contributed by atoms with Gasteiger partial charge in [-0.05, 0) is 29.2 Å². The van der Waals surface area contributed by atoms with Gasteiger partial charge in [-0.15, -0.1) is 0 Å². The summed E-state index contributed by atoms with van der Waals surface area (Å²) in [6.45, 7) is 4.93. The molecule has 0 saturated heterocycles. The largest absolute Gasteiger partial charge is 0.478 e. The molecule has 0 bridgehead atoms. The van der Waals surface area contributed by atoms with Crippen molar-refractivity contribution in [2.45, 2.75) is 39.4 Å². The van der Waals surface area contributed by atoms with Crippen LogP contribution in [0.1, 0.15) is 41.8 Å². The quantitative estimate of drug-likeness (QED) is 0.875.